The first-order chi connectivity index (χ1) is 20.7. The molecule has 2 aromatic heterocycles. The summed E-state index contributed by atoms with van der Waals surface area (Å²) in [6, 6.07) is 16.8. The summed E-state index contributed by atoms with van der Waals surface area (Å²) >= 11 is 7.35. The molecule has 0 bridgehead atoms. The molecular weight excluding hydrogens is 588 g/mol. The molecule has 0 fully saturated rings. The SMILES string of the molecule is CCCCOC(=O)c1ccc(-c2ccc(/C=c3\sc4n(c3=O)[C@H](c3ccc(Cl)cc3)C(C(=O)OC(C)C)=C(C)N=4)o2)cc1. The summed E-state index contributed by atoms with van der Waals surface area (Å²) < 4.78 is 18.8. The number of carbonyl (C=O) groups is 2. The van der Waals surface area contributed by atoms with Gasteiger partial charge in [0.1, 0.15) is 11.5 Å². The predicted octanol–water partition coefficient (Wildman–Crippen LogP) is 6.06. The number of halogens is 1. The van der Waals surface area contributed by atoms with Crippen molar-refractivity contribution in [1.82, 2.24) is 4.57 Å². The lowest BCUT2D eigenvalue weighted by Crippen LogP contribution is -2.40. The number of thiazole rings is 1. The topological polar surface area (TPSA) is 100 Å². The number of allylic oxidation sites excluding steroid dienone is 1. The van der Waals surface area contributed by atoms with Gasteiger partial charge in [0.2, 0.25) is 0 Å². The van der Waals surface area contributed by atoms with Gasteiger partial charge in [-0.05, 0) is 69.2 Å². The fraction of sp³-hybridized carbons (Fsp3) is 0.273. The second-order valence-electron chi connectivity index (χ2n) is 10.4. The lowest BCUT2D eigenvalue weighted by molar-refractivity contribution is -0.143. The molecule has 2 aromatic carbocycles. The zero-order valence-electron chi connectivity index (χ0n) is 24.3. The minimum atomic E-state index is -0.735. The minimum Gasteiger partial charge on any atom is -0.462 e. The summed E-state index contributed by atoms with van der Waals surface area (Å²) in [5.74, 6) is 0.171. The predicted molar refractivity (Wildman–Crippen MR) is 166 cm³/mol. The summed E-state index contributed by atoms with van der Waals surface area (Å²) in [5.41, 5.74) is 2.42. The third-order valence-corrected chi connectivity index (χ3v) is 8.04. The van der Waals surface area contributed by atoms with Crippen molar-refractivity contribution in [3.05, 3.63) is 114 Å². The van der Waals surface area contributed by atoms with Crippen LogP contribution in [0.15, 0.2) is 86.1 Å². The molecule has 0 N–H and O–H groups in total. The van der Waals surface area contributed by atoms with E-state index in [1.54, 1.807) is 87.5 Å². The van der Waals surface area contributed by atoms with Gasteiger partial charge < -0.3 is 13.9 Å². The van der Waals surface area contributed by atoms with E-state index in [-0.39, 0.29) is 17.6 Å². The lowest BCUT2D eigenvalue weighted by atomic mass is 9.96. The van der Waals surface area contributed by atoms with Crippen LogP contribution in [0.2, 0.25) is 5.02 Å². The molecule has 1 aliphatic heterocycles. The van der Waals surface area contributed by atoms with Crippen LogP contribution in [0, 0.1) is 0 Å². The largest absolute Gasteiger partial charge is 0.462 e. The molecule has 0 unspecified atom stereocenters. The van der Waals surface area contributed by atoms with Crippen LogP contribution in [0.5, 0.6) is 0 Å². The second kappa shape index (κ2) is 13.0. The Kier molecular flexibility index (Phi) is 9.13. The lowest BCUT2D eigenvalue weighted by Gasteiger charge is -2.25. The smallest absolute Gasteiger partial charge is 0.338 e. The van der Waals surface area contributed by atoms with Crippen molar-refractivity contribution in [1.29, 1.82) is 0 Å². The molecule has 1 aliphatic rings. The number of rotatable bonds is 9. The number of unbranched alkanes of at least 4 members (excludes halogenated alkanes) is 1. The fourth-order valence-electron chi connectivity index (χ4n) is 4.70. The van der Waals surface area contributed by atoms with Crippen molar-refractivity contribution in [3.8, 4) is 11.3 Å². The molecule has 0 radical (unpaired) electrons. The molecule has 1 atom stereocenters. The number of carbonyl (C=O) groups excluding carboxylic acids is 2. The molecule has 0 saturated heterocycles. The first kappa shape index (κ1) is 30.3. The highest BCUT2D eigenvalue weighted by Gasteiger charge is 2.33. The molecule has 4 aromatic rings. The number of hydrogen-bond donors (Lipinski definition) is 0. The maximum absolute atomic E-state index is 13.8. The first-order valence-corrected chi connectivity index (χ1v) is 15.2. The van der Waals surface area contributed by atoms with Crippen LogP contribution in [0.1, 0.15) is 68.3 Å². The molecule has 8 nitrogen and oxygen atoms in total. The molecule has 43 heavy (non-hydrogen) atoms. The highest BCUT2D eigenvalue weighted by Crippen LogP contribution is 2.31. The Morgan fingerprint density at radius 2 is 1.79 bits per heavy atom. The summed E-state index contributed by atoms with van der Waals surface area (Å²) in [5, 5.41) is 0.540. The molecule has 0 aliphatic carbocycles. The van der Waals surface area contributed by atoms with Crippen LogP contribution >= 0.6 is 22.9 Å². The van der Waals surface area contributed by atoms with Crippen LogP contribution in [0.4, 0.5) is 0 Å². The Morgan fingerprint density at radius 3 is 2.47 bits per heavy atom. The van der Waals surface area contributed by atoms with Crippen LogP contribution < -0.4 is 14.9 Å². The molecule has 222 valence electrons. The van der Waals surface area contributed by atoms with E-state index < -0.39 is 12.0 Å². The molecular formula is C33H31ClN2O6S. The third kappa shape index (κ3) is 6.58. The maximum atomic E-state index is 13.8. The second-order valence-corrected chi connectivity index (χ2v) is 11.8. The standard InChI is InChI=1S/C33H31ClN2O6S/c1-5-6-17-40-31(38)23-9-7-21(8-10-23)26-16-15-25(42-26)18-27-30(37)36-29(22-11-13-24(34)14-12-22)28(32(39)41-19(2)3)20(4)35-33(36)43-27/h7-16,18-19,29H,5-6,17H2,1-4H3/b27-18-/t29-/m1/s1. The summed E-state index contributed by atoms with van der Waals surface area (Å²) in [6.07, 6.45) is 3.10. The van der Waals surface area contributed by atoms with Gasteiger partial charge in [0.05, 0.1) is 40.1 Å². The zero-order valence-corrected chi connectivity index (χ0v) is 25.8. The number of ether oxygens (including phenoxy) is 2. The number of hydrogen-bond acceptors (Lipinski definition) is 8. The number of benzene rings is 2. The number of furan rings is 1. The highest BCUT2D eigenvalue weighted by molar-refractivity contribution is 7.07. The van der Waals surface area contributed by atoms with Crippen LogP contribution in [0.25, 0.3) is 17.4 Å². The third-order valence-electron chi connectivity index (χ3n) is 6.81. The zero-order chi connectivity index (χ0) is 30.7. The van der Waals surface area contributed by atoms with Gasteiger partial charge in [-0.15, -0.1) is 0 Å². The number of aromatic nitrogens is 1. The Labute approximate surface area is 257 Å². The highest BCUT2D eigenvalue weighted by atomic mass is 35.5. The summed E-state index contributed by atoms with van der Waals surface area (Å²) in [4.78, 5) is 44.3. The van der Waals surface area contributed by atoms with Crippen molar-refractivity contribution in [3.63, 3.8) is 0 Å². The van der Waals surface area contributed by atoms with E-state index in [0.29, 0.717) is 54.9 Å². The monoisotopic (exact) mass is 618 g/mol. The average Bonchev–Trinajstić information content (AvgIpc) is 3.56. The maximum Gasteiger partial charge on any atom is 0.338 e. The number of esters is 2. The molecule has 0 spiro atoms. The Hall–Kier alpha value is -4.21. The van der Waals surface area contributed by atoms with Crippen LogP contribution in [0.3, 0.4) is 0 Å². The Balaban J connectivity index is 1.49. The molecule has 0 amide bonds. The summed E-state index contributed by atoms with van der Waals surface area (Å²) in [7, 11) is 0. The molecule has 0 saturated carbocycles. The van der Waals surface area contributed by atoms with Gasteiger partial charge >= 0.3 is 11.9 Å². The van der Waals surface area contributed by atoms with Gasteiger partial charge in [0, 0.05) is 16.7 Å². The molecule has 5 rings (SSSR count). The van der Waals surface area contributed by atoms with E-state index in [2.05, 4.69) is 4.99 Å². The minimum absolute atomic E-state index is 0.299. The summed E-state index contributed by atoms with van der Waals surface area (Å²) in [6.45, 7) is 7.72. The van der Waals surface area contributed by atoms with Crippen molar-refractivity contribution in [2.24, 2.45) is 4.99 Å². The van der Waals surface area contributed by atoms with E-state index in [4.69, 9.17) is 25.5 Å². The van der Waals surface area contributed by atoms with Crippen LogP contribution in [-0.2, 0) is 14.3 Å². The van der Waals surface area contributed by atoms with E-state index in [0.717, 1.165) is 18.4 Å². The fourth-order valence-corrected chi connectivity index (χ4v) is 5.85. The molecule has 10 heteroatoms. The van der Waals surface area contributed by atoms with Crippen molar-refractivity contribution in [2.75, 3.05) is 6.61 Å². The van der Waals surface area contributed by atoms with Gasteiger partial charge in [-0.1, -0.05) is 60.5 Å². The normalized spacial score (nSPS) is 14.9. The number of fused-ring (bicyclic) bond motifs is 1. The van der Waals surface area contributed by atoms with E-state index in [9.17, 15) is 14.4 Å². The Morgan fingerprint density at radius 1 is 1.07 bits per heavy atom. The first-order valence-electron chi connectivity index (χ1n) is 14.0. The van der Waals surface area contributed by atoms with E-state index in [1.807, 2.05) is 6.92 Å². The number of nitrogens with zero attached hydrogens (tertiary/aromatic N) is 2. The van der Waals surface area contributed by atoms with Gasteiger partial charge in [-0.25, -0.2) is 14.6 Å². The van der Waals surface area contributed by atoms with Gasteiger partial charge in [0.15, 0.2) is 4.80 Å². The van der Waals surface area contributed by atoms with Gasteiger partial charge in [-0.2, -0.15) is 0 Å². The van der Waals surface area contributed by atoms with E-state index in [1.165, 1.54) is 15.9 Å². The quantitative estimate of drug-likeness (QED) is 0.167. The van der Waals surface area contributed by atoms with Crippen molar-refractivity contribution >= 4 is 41.0 Å². The van der Waals surface area contributed by atoms with Gasteiger partial charge in [0.25, 0.3) is 5.56 Å². The Bertz CT molecular complexity index is 1860. The van der Waals surface area contributed by atoms with Crippen LogP contribution in [-0.4, -0.2) is 29.2 Å². The average molecular weight is 619 g/mol. The molecule has 3 heterocycles. The van der Waals surface area contributed by atoms with E-state index >= 15 is 0 Å². The van der Waals surface area contributed by atoms with Crippen molar-refractivity contribution in [2.45, 2.75) is 52.7 Å². The van der Waals surface area contributed by atoms with Crippen molar-refractivity contribution < 1.29 is 23.5 Å². The van der Waals surface area contributed by atoms with Gasteiger partial charge in [-0.3, -0.25) is 9.36 Å².